The number of ether oxygens (including phenoxy) is 2. The third-order valence-electron chi connectivity index (χ3n) is 8.27. The first-order valence-electron chi connectivity index (χ1n) is 13.7. The molecule has 4 heterocycles. The Balaban J connectivity index is 1.22. The number of carbonyl (C=O) groups excluding carboxylic acids is 1. The standard InChI is InChI=1S/C29H27F6N3O4/c1-40-27(39)20-13-36-24(12-23(20)29(33,34)35)38-16-8-9-17(38)11-18(10-16)41-14-21-25(37-42-26(21)15-6-7-15)19-4-2-3-5-22(19)28(30,31)32/h2-5,12-13,15-18H,6-11,14H2,1H3/t16-,17?,18?/m0/s1. The highest BCUT2D eigenvalue weighted by Crippen LogP contribution is 2.47. The second kappa shape index (κ2) is 10.6. The Hall–Kier alpha value is -3.61. The van der Waals surface area contributed by atoms with Crippen molar-refractivity contribution in [2.24, 2.45) is 0 Å². The predicted molar refractivity (Wildman–Crippen MR) is 137 cm³/mol. The molecule has 2 saturated heterocycles. The van der Waals surface area contributed by atoms with E-state index in [2.05, 4.69) is 14.9 Å². The molecule has 2 bridgehead atoms. The highest BCUT2D eigenvalue weighted by molar-refractivity contribution is 5.91. The summed E-state index contributed by atoms with van der Waals surface area (Å²) < 4.78 is 99.0. The van der Waals surface area contributed by atoms with E-state index in [1.807, 2.05) is 4.90 Å². The van der Waals surface area contributed by atoms with Gasteiger partial charge < -0.3 is 18.9 Å². The Labute approximate surface area is 236 Å². The minimum Gasteiger partial charge on any atom is -0.465 e. The summed E-state index contributed by atoms with van der Waals surface area (Å²) in [5.74, 6) is -0.366. The van der Waals surface area contributed by atoms with E-state index in [9.17, 15) is 31.1 Å². The summed E-state index contributed by atoms with van der Waals surface area (Å²) in [6.07, 6.45) is -4.59. The topological polar surface area (TPSA) is 77.7 Å². The van der Waals surface area contributed by atoms with Crippen LogP contribution >= 0.6 is 0 Å². The van der Waals surface area contributed by atoms with Gasteiger partial charge in [-0.3, -0.25) is 0 Å². The zero-order chi connectivity index (χ0) is 29.8. The smallest absolute Gasteiger partial charge is 0.417 e. The van der Waals surface area contributed by atoms with Gasteiger partial charge in [-0.05, 0) is 50.7 Å². The number of pyridine rings is 1. The van der Waals surface area contributed by atoms with Crippen LogP contribution in [0.5, 0.6) is 0 Å². The molecule has 7 nitrogen and oxygen atoms in total. The molecule has 42 heavy (non-hydrogen) atoms. The first-order valence-corrected chi connectivity index (χ1v) is 13.7. The fraction of sp³-hybridized carbons (Fsp3) is 0.483. The number of fused-ring (bicyclic) bond motifs is 2. The zero-order valence-corrected chi connectivity index (χ0v) is 22.5. The van der Waals surface area contributed by atoms with Gasteiger partial charge in [-0.1, -0.05) is 23.4 Å². The van der Waals surface area contributed by atoms with Gasteiger partial charge in [-0.2, -0.15) is 26.3 Å². The van der Waals surface area contributed by atoms with Gasteiger partial charge in [-0.25, -0.2) is 9.78 Å². The molecule has 3 aliphatic rings. The molecule has 1 aromatic carbocycles. The van der Waals surface area contributed by atoms with Crippen molar-refractivity contribution in [3.05, 3.63) is 64.5 Å². The van der Waals surface area contributed by atoms with Gasteiger partial charge in [-0.15, -0.1) is 0 Å². The van der Waals surface area contributed by atoms with E-state index in [0.29, 0.717) is 24.2 Å². The van der Waals surface area contributed by atoms with E-state index in [-0.39, 0.29) is 47.8 Å². The molecule has 3 aromatic rings. The molecule has 0 spiro atoms. The number of carbonyl (C=O) groups is 1. The number of alkyl halides is 6. The van der Waals surface area contributed by atoms with Crippen molar-refractivity contribution < 1.29 is 45.1 Å². The van der Waals surface area contributed by atoms with Gasteiger partial charge in [0.15, 0.2) is 0 Å². The first kappa shape index (κ1) is 28.5. The quantitative estimate of drug-likeness (QED) is 0.212. The molecular formula is C29H27F6N3O4. The van der Waals surface area contributed by atoms with Crippen molar-refractivity contribution in [3.63, 3.8) is 0 Å². The second-order valence-electron chi connectivity index (χ2n) is 11.0. The maximum atomic E-state index is 13.8. The second-order valence-corrected chi connectivity index (χ2v) is 11.0. The lowest BCUT2D eigenvalue weighted by molar-refractivity contribution is -0.138. The van der Waals surface area contributed by atoms with Crippen molar-refractivity contribution in [3.8, 4) is 11.3 Å². The summed E-state index contributed by atoms with van der Waals surface area (Å²) in [4.78, 5) is 18.0. The number of rotatable bonds is 7. The maximum absolute atomic E-state index is 13.8. The fourth-order valence-corrected chi connectivity index (χ4v) is 6.21. The summed E-state index contributed by atoms with van der Waals surface area (Å²) in [6, 6.07) is 5.81. The molecule has 2 aliphatic heterocycles. The van der Waals surface area contributed by atoms with Crippen molar-refractivity contribution in [1.82, 2.24) is 10.1 Å². The van der Waals surface area contributed by atoms with E-state index < -0.39 is 35.0 Å². The van der Waals surface area contributed by atoms with Crippen LogP contribution in [0.2, 0.25) is 0 Å². The third-order valence-corrected chi connectivity index (χ3v) is 8.27. The summed E-state index contributed by atoms with van der Waals surface area (Å²) in [5.41, 5.74) is -2.03. The van der Waals surface area contributed by atoms with Crippen LogP contribution in [0.15, 0.2) is 41.1 Å². The molecule has 3 fully saturated rings. The van der Waals surface area contributed by atoms with Crippen LogP contribution in [0.1, 0.15) is 77.3 Å². The van der Waals surface area contributed by atoms with Crippen LogP contribution in [0.25, 0.3) is 11.3 Å². The van der Waals surface area contributed by atoms with Crippen LogP contribution < -0.4 is 4.90 Å². The number of hydrogen-bond acceptors (Lipinski definition) is 7. The number of aromatic nitrogens is 2. The Kier molecular flexibility index (Phi) is 7.19. The normalized spacial score (nSPS) is 22.5. The summed E-state index contributed by atoms with van der Waals surface area (Å²) in [6.45, 7) is 0.00522. The lowest BCUT2D eigenvalue weighted by atomic mass is 9.98. The van der Waals surface area contributed by atoms with E-state index in [1.54, 1.807) is 0 Å². The first-order chi connectivity index (χ1) is 20.0. The van der Waals surface area contributed by atoms with E-state index in [1.165, 1.54) is 18.2 Å². The average Bonchev–Trinajstić information content (AvgIpc) is 3.65. The number of halogens is 6. The molecule has 6 rings (SSSR count). The molecular weight excluding hydrogens is 568 g/mol. The Bertz CT molecular complexity index is 1470. The summed E-state index contributed by atoms with van der Waals surface area (Å²) >= 11 is 0. The summed E-state index contributed by atoms with van der Waals surface area (Å²) in [7, 11) is 1.01. The molecule has 0 N–H and O–H groups in total. The van der Waals surface area contributed by atoms with Crippen LogP contribution in [0.3, 0.4) is 0 Å². The average molecular weight is 596 g/mol. The van der Waals surface area contributed by atoms with Crippen molar-refractivity contribution in [2.75, 3.05) is 12.0 Å². The molecule has 1 aliphatic carbocycles. The minimum absolute atomic E-state index is 0.00522. The molecule has 13 heteroatoms. The zero-order valence-electron chi connectivity index (χ0n) is 22.5. The Morgan fingerprint density at radius 3 is 2.29 bits per heavy atom. The number of hydrogen-bond donors (Lipinski definition) is 0. The number of benzene rings is 1. The third kappa shape index (κ3) is 5.34. The van der Waals surface area contributed by atoms with Crippen LogP contribution in [0, 0.1) is 0 Å². The van der Waals surface area contributed by atoms with Crippen LogP contribution in [0.4, 0.5) is 32.2 Å². The van der Waals surface area contributed by atoms with Gasteiger partial charge in [0.25, 0.3) is 0 Å². The van der Waals surface area contributed by atoms with E-state index >= 15 is 0 Å². The SMILES string of the molecule is COC(=O)c1cnc(N2C3CC[C@H]2CC(OCc2c(-c4ccccc4C(F)(F)F)noc2C2CC2)C3)cc1C(F)(F)F. The van der Waals surface area contributed by atoms with Crippen LogP contribution in [-0.4, -0.2) is 41.4 Å². The monoisotopic (exact) mass is 595 g/mol. The van der Waals surface area contributed by atoms with E-state index in [0.717, 1.165) is 51.1 Å². The number of piperidine rings is 1. The number of esters is 1. The molecule has 1 saturated carbocycles. The van der Waals surface area contributed by atoms with Gasteiger partial charge in [0, 0.05) is 35.3 Å². The Morgan fingerprint density at radius 1 is 1.00 bits per heavy atom. The van der Waals surface area contributed by atoms with Crippen molar-refractivity contribution in [2.45, 2.75) is 81.6 Å². The molecule has 0 radical (unpaired) electrons. The molecule has 3 atom stereocenters. The lowest BCUT2D eigenvalue weighted by Gasteiger charge is -2.40. The van der Waals surface area contributed by atoms with Gasteiger partial charge >= 0.3 is 18.3 Å². The number of nitrogens with zero attached hydrogens (tertiary/aromatic N) is 3. The van der Waals surface area contributed by atoms with Gasteiger partial charge in [0.2, 0.25) is 0 Å². The molecule has 2 aromatic heterocycles. The van der Waals surface area contributed by atoms with Crippen molar-refractivity contribution in [1.29, 1.82) is 0 Å². The van der Waals surface area contributed by atoms with Gasteiger partial charge in [0.1, 0.15) is 17.3 Å². The van der Waals surface area contributed by atoms with E-state index in [4.69, 9.17) is 9.26 Å². The predicted octanol–water partition coefficient (Wildman–Crippen LogP) is 7.15. The highest BCUT2D eigenvalue weighted by Gasteiger charge is 2.44. The molecule has 2 unspecified atom stereocenters. The Morgan fingerprint density at radius 2 is 1.67 bits per heavy atom. The number of methoxy groups -OCH3 is 1. The van der Waals surface area contributed by atoms with Crippen LogP contribution in [-0.2, 0) is 28.4 Å². The molecule has 0 amide bonds. The highest BCUT2D eigenvalue weighted by atomic mass is 19.4. The van der Waals surface area contributed by atoms with Crippen molar-refractivity contribution >= 4 is 11.8 Å². The largest absolute Gasteiger partial charge is 0.465 e. The molecule has 224 valence electrons. The fourth-order valence-electron chi connectivity index (χ4n) is 6.21. The minimum atomic E-state index is -4.78. The maximum Gasteiger partial charge on any atom is 0.417 e. The summed E-state index contributed by atoms with van der Waals surface area (Å²) in [5, 5.41) is 4.04. The van der Waals surface area contributed by atoms with Gasteiger partial charge in [0.05, 0.1) is 36.5 Å². The number of anilines is 1. The lowest BCUT2D eigenvalue weighted by Crippen LogP contribution is -2.46.